The number of nitro benzene ring substituents is 1. The van der Waals surface area contributed by atoms with E-state index in [-0.39, 0.29) is 29.5 Å². The van der Waals surface area contributed by atoms with Crippen LogP contribution in [0.3, 0.4) is 0 Å². The van der Waals surface area contributed by atoms with Crippen LogP contribution in [0.2, 0.25) is 0 Å². The van der Waals surface area contributed by atoms with E-state index in [0.29, 0.717) is 0 Å². The number of fused-ring (bicyclic) bond motifs is 1. The smallest absolute Gasteiger partial charge is 0.308 e. The van der Waals surface area contributed by atoms with Crippen LogP contribution in [0.15, 0.2) is 48.5 Å². The zero-order valence-electron chi connectivity index (χ0n) is 20.0. The van der Waals surface area contributed by atoms with Gasteiger partial charge in [0.1, 0.15) is 0 Å². The zero-order valence-corrected chi connectivity index (χ0v) is 20.0. The van der Waals surface area contributed by atoms with Crippen LogP contribution in [0.1, 0.15) is 65.6 Å². The van der Waals surface area contributed by atoms with Crippen LogP contribution in [0.25, 0.3) is 5.69 Å². The molecule has 1 amide bonds. The highest BCUT2D eigenvalue weighted by Gasteiger charge is 2.31. The van der Waals surface area contributed by atoms with E-state index in [0.717, 1.165) is 41.8 Å². The number of aromatic nitrogens is 2. The van der Waals surface area contributed by atoms with Gasteiger partial charge in [-0.1, -0.05) is 35.9 Å². The van der Waals surface area contributed by atoms with Gasteiger partial charge in [0.2, 0.25) is 0 Å². The van der Waals surface area contributed by atoms with Crippen molar-refractivity contribution in [1.29, 1.82) is 0 Å². The summed E-state index contributed by atoms with van der Waals surface area (Å²) in [6.45, 7) is 5.44. The van der Waals surface area contributed by atoms with E-state index in [1.165, 1.54) is 6.07 Å². The molecule has 2 aromatic carbocycles. The highest BCUT2D eigenvalue weighted by atomic mass is 16.6. The molecule has 1 heterocycles. The minimum Gasteiger partial charge on any atom is -0.463 e. The van der Waals surface area contributed by atoms with Gasteiger partial charge in [0.25, 0.3) is 11.6 Å². The topological polar surface area (TPSA) is 116 Å². The van der Waals surface area contributed by atoms with Crippen LogP contribution in [-0.4, -0.2) is 32.7 Å². The van der Waals surface area contributed by atoms with E-state index in [9.17, 15) is 19.7 Å². The molecule has 1 atom stereocenters. The highest BCUT2D eigenvalue weighted by Crippen LogP contribution is 2.31. The predicted molar refractivity (Wildman–Crippen MR) is 129 cm³/mol. The Morgan fingerprint density at radius 1 is 1.14 bits per heavy atom. The number of hydrogen-bond acceptors (Lipinski definition) is 6. The van der Waals surface area contributed by atoms with E-state index in [1.807, 2.05) is 31.2 Å². The second kappa shape index (κ2) is 10.1. The first-order chi connectivity index (χ1) is 16.7. The first-order valence-corrected chi connectivity index (χ1v) is 11.7. The summed E-state index contributed by atoms with van der Waals surface area (Å²) in [7, 11) is 0. The van der Waals surface area contributed by atoms with Crippen LogP contribution in [0, 0.1) is 17.0 Å². The molecule has 3 aromatic rings. The average molecular weight is 477 g/mol. The van der Waals surface area contributed by atoms with Crippen LogP contribution in [0.4, 0.5) is 5.69 Å². The molecule has 0 bridgehead atoms. The largest absolute Gasteiger partial charge is 0.463 e. The molecule has 0 fully saturated rings. The number of para-hydroxylation sites is 1. The number of benzene rings is 2. The molecule has 1 aliphatic carbocycles. The number of rotatable bonds is 8. The van der Waals surface area contributed by atoms with Crippen LogP contribution in [-0.2, 0) is 22.4 Å². The number of carbonyl (C=O) groups excluding carboxylic acids is 2. The van der Waals surface area contributed by atoms with Crippen molar-refractivity contribution < 1.29 is 19.2 Å². The number of carbonyl (C=O) groups is 2. The van der Waals surface area contributed by atoms with Crippen molar-refractivity contribution in [2.24, 2.45) is 0 Å². The second-order valence-electron chi connectivity index (χ2n) is 8.96. The summed E-state index contributed by atoms with van der Waals surface area (Å²) < 4.78 is 7.05. The second-order valence-corrected chi connectivity index (χ2v) is 8.96. The summed E-state index contributed by atoms with van der Waals surface area (Å²) in [5, 5.41) is 19.1. The lowest BCUT2D eigenvalue weighted by molar-refractivity contribution is -0.385. The summed E-state index contributed by atoms with van der Waals surface area (Å²) in [5.41, 5.74) is 4.18. The first kappa shape index (κ1) is 24.1. The van der Waals surface area contributed by atoms with Gasteiger partial charge in [-0.2, -0.15) is 5.10 Å². The van der Waals surface area contributed by atoms with Gasteiger partial charge in [-0.25, -0.2) is 4.68 Å². The Balaban J connectivity index is 1.68. The van der Waals surface area contributed by atoms with E-state index in [4.69, 9.17) is 4.74 Å². The van der Waals surface area contributed by atoms with E-state index >= 15 is 0 Å². The number of esters is 1. The minimum absolute atomic E-state index is 0.175. The fourth-order valence-electron chi connectivity index (χ4n) is 4.41. The molecule has 1 unspecified atom stereocenters. The van der Waals surface area contributed by atoms with E-state index < -0.39 is 22.8 Å². The Bertz CT molecular complexity index is 1260. The SMILES string of the molecule is Cc1ccc(-n2nc(C(=O)NC(CC(=O)OC(C)C)c3ccccc3[N+](=O)[O-])c3c2CCC3)cc1. The van der Waals surface area contributed by atoms with Gasteiger partial charge in [-0.15, -0.1) is 0 Å². The van der Waals surface area contributed by atoms with E-state index in [1.54, 1.807) is 36.7 Å². The molecule has 9 heteroatoms. The number of nitrogens with one attached hydrogen (secondary N) is 1. The average Bonchev–Trinajstić information content (AvgIpc) is 3.41. The molecule has 1 aromatic heterocycles. The molecule has 9 nitrogen and oxygen atoms in total. The standard InChI is InChI=1S/C26H28N4O5/c1-16(2)35-24(31)15-21(19-7-4-5-9-23(19)30(33)34)27-26(32)25-20-8-6-10-22(20)29(28-25)18-13-11-17(3)12-14-18/h4-5,7,9,11-14,16,21H,6,8,10,15H2,1-3H3,(H,27,32). The van der Waals surface area contributed by atoms with Crippen molar-refractivity contribution in [3.05, 3.63) is 86.7 Å². The Labute approximate surface area is 203 Å². The zero-order chi connectivity index (χ0) is 25.1. The molecule has 0 aliphatic heterocycles. The summed E-state index contributed by atoms with van der Waals surface area (Å²) >= 11 is 0. The maximum absolute atomic E-state index is 13.5. The summed E-state index contributed by atoms with van der Waals surface area (Å²) in [6.07, 6.45) is 1.84. The first-order valence-electron chi connectivity index (χ1n) is 11.7. The third-order valence-corrected chi connectivity index (χ3v) is 5.98. The van der Waals surface area contributed by atoms with Crippen LogP contribution < -0.4 is 5.32 Å². The van der Waals surface area contributed by atoms with Crippen molar-refractivity contribution in [3.8, 4) is 5.69 Å². The molecular formula is C26H28N4O5. The lowest BCUT2D eigenvalue weighted by atomic mass is 10.0. The summed E-state index contributed by atoms with van der Waals surface area (Å²) in [6, 6.07) is 13.0. The quantitative estimate of drug-likeness (QED) is 0.293. The van der Waals surface area contributed by atoms with Crippen molar-refractivity contribution in [1.82, 2.24) is 15.1 Å². The third-order valence-electron chi connectivity index (χ3n) is 5.98. The number of ether oxygens (including phenoxy) is 1. The van der Waals surface area contributed by atoms with Crippen molar-refractivity contribution in [2.75, 3.05) is 0 Å². The van der Waals surface area contributed by atoms with Crippen molar-refractivity contribution in [3.63, 3.8) is 0 Å². The fraction of sp³-hybridized carbons (Fsp3) is 0.346. The van der Waals surface area contributed by atoms with Gasteiger partial charge >= 0.3 is 5.97 Å². The molecule has 35 heavy (non-hydrogen) atoms. The molecular weight excluding hydrogens is 448 g/mol. The van der Waals surface area contributed by atoms with Gasteiger partial charge in [-0.3, -0.25) is 19.7 Å². The lowest BCUT2D eigenvalue weighted by Gasteiger charge is -2.19. The Hall–Kier alpha value is -4.01. The number of nitro groups is 1. The highest BCUT2D eigenvalue weighted by molar-refractivity contribution is 5.95. The molecule has 4 rings (SSSR count). The molecule has 1 N–H and O–H groups in total. The fourth-order valence-corrected chi connectivity index (χ4v) is 4.41. The number of nitrogens with zero attached hydrogens (tertiary/aromatic N) is 3. The van der Waals surface area contributed by atoms with Gasteiger partial charge in [0.05, 0.1) is 34.7 Å². The number of aryl methyl sites for hydroxylation is 1. The van der Waals surface area contributed by atoms with Gasteiger partial charge in [0.15, 0.2) is 5.69 Å². The van der Waals surface area contributed by atoms with Crippen LogP contribution in [0.5, 0.6) is 0 Å². The molecule has 182 valence electrons. The van der Waals surface area contributed by atoms with E-state index in [2.05, 4.69) is 10.4 Å². The summed E-state index contributed by atoms with van der Waals surface area (Å²) in [5.74, 6) is -1.03. The maximum Gasteiger partial charge on any atom is 0.308 e. The third kappa shape index (κ3) is 5.24. The predicted octanol–water partition coefficient (Wildman–Crippen LogP) is 4.39. The Morgan fingerprint density at radius 3 is 2.54 bits per heavy atom. The molecule has 0 radical (unpaired) electrons. The van der Waals surface area contributed by atoms with Crippen molar-refractivity contribution in [2.45, 2.75) is 58.6 Å². The van der Waals surface area contributed by atoms with Gasteiger partial charge in [0, 0.05) is 17.3 Å². The lowest BCUT2D eigenvalue weighted by Crippen LogP contribution is -2.32. The molecule has 1 aliphatic rings. The molecule has 0 saturated heterocycles. The number of amides is 1. The molecule has 0 saturated carbocycles. The monoisotopic (exact) mass is 476 g/mol. The normalized spacial score (nSPS) is 13.4. The summed E-state index contributed by atoms with van der Waals surface area (Å²) in [4.78, 5) is 37.1. The van der Waals surface area contributed by atoms with Gasteiger partial charge in [-0.05, 0) is 52.2 Å². The molecule has 0 spiro atoms. The maximum atomic E-state index is 13.5. The van der Waals surface area contributed by atoms with Crippen LogP contribution >= 0.6 is 0 Å². The van der Waals surface area contributed by atoms with Gasteiger partial charge < -0.3 is 10.1 Å². The Kier molecular flexibility index (Phi) is 6.95. The number of hydrogen-bond donors (Lipinski definition) is 1. The Morgan fingerprint density at radius 2 is 1.86 bits per heavy atom. The van der Waals surface area contributed by atoms with Crippen molar-refractivity contribution >= 4 is 17.6 Å². The minimum atomic E-state index is -0.947.